The quantitative estimate of drug-likeness (QED) is 0.820. The molecule has 0 bridgehead atoms. The molecule has 0 aliphatic carbocycles. The van der Waals surface area contributed by atoms with Crippen LogP contribution >= 0.6 is 11.6 Å². The summed E-state index contributed by atoms with van der Waals surface area (Å²) in [5.41, 5.74) is 1.80. The van der Waals surface area contributed by atoms with Crippen molar-refractivity contribution in [3.05, 3.63) is 41.8 Å². The van der Waals surface area contributed by atoms with Crippen LogP contribution in [-0.2, 0) is 0 Å². The highest BCUT2D eigenvalue weighted by molar-refractivity contribution is 6.29. The lowest BCUT2D eigenvalue weighted by molar-refractivity contribution is 0.256. The van der Waals surface area contributed by atoms with E-state index >= 15 is 0 Å². The molecule has 0 spiro atoms. The van der Waals surface area contributed by atoms with Crippen LogP contribution in [0.3, 0.4) is 0 Å². The van der Waals surface area contributed by atoms with E-state index in [1.807, 2.05) is 24.3 Å². The second kappa shape index (κ2) is 6.53. The molecule has 0 saturated heterocycles. The van der Waals surface area contributed by atoms with Gasteiger partial charge in [0.1, 0.15) is 10.9 Å². The van der Waals surface area contributed by atoms with Crippen molar-refractivity contribution in [1.29, 1.82) is 0 Å². The molecule has 0 aliphatic rings. The summed E-state index contributed by atoms with van der Waals surface area (Å²) < 4.78 is 5.71. The van der Waals surface area contributed by atoms with E-state index in [1.165, 1.54) is 0 Å². The molecule has 2 rings (SSSR count). The zero-order valence-corrected chi connectivity index (χ0v) is 11.9. The van der Waals surface area contributed by atoms with Crippen molar-refractivity contribution in [2.24, 2.45) is 5.92 Å². The van der Waals surface area contributed by atoms with Crippen LogP contribution in [0.2, 0.25) is 5.15 Å². The Balaban J connectivity index is 2.04. The van der Waals surface area contributed by atoms with Gasteiger partial charge in [0.25, 0.3) is 0 Å². The van der Waals surface area contributed by atoms with Crippen LogP contribution in [0.25, 0.3) is 11.3 Å². The number of aromatic nitrogens is 2. The van der Waals surface area contributed by atoms with Gasteiger partial charge < -0.3 is 4.74 Å². The number of nitrogens with zero attached hydrogens (tertiary/aromatic N) is 2. The molecule has 0 aliphatic heterocycles. The van der Waals surface area contributed by atoms with E-state index in [0.717, 1.165) is 30.0 Å². The van der Waals surface area contributed by atoms with Crippen LogP contribution in [0.15, 0.2) is 36.7 Å². The Hall–Kier alpha value is -1.61. The van der Waals surface area contributed by atoms with Gasteiger partial charge in [0.05, 0.1) is 24.7 Å². The van der Waals surface area contributed by atoms with Crippen molar-refractivity contribution >= 4 is 11.6 Å². The first kappa shape index (κ1) is 13.8. The topological polar surface area (TPSA) is 35.0 Å². The SMILES string of the molecule is CC[C@H](C)COc1ccc(-c2cnc(Cl)cn2)cc1. The average Bonchev–Trinajstić information content (AvgIpc) is 2.46. The van der Waals surface area contributed by atoms with E-state index in [1.54, 1.807) is 12.4 Å². The van der Waals surface area contributed by atoms with Crippen LogP contribution < -0.4 is 4.74 Å². The van der Waals surface area contributed by atoms with Gasteiger partial charge in [0, 0.05) is 5.56 Å². The molecular weight excluding hydrogens is 260 g/mol. The molecule has 1 aromatic heterocycles. The highest BCUT2D eigenvalue weighted by Gasteiger charge is 2.03. The van der Waals surface area contributed by atoms with E-state index in [4.69, 9.17) is 16.3 Å². The standard InChI is InChI=1S/C15H17ClN2O/c1-3-11(2)10-19-13-6-4-12(5-7-13)14-8-18-15(16)9-17-14/h4-9,11H,3,10H2,1-2H3/t11-/m0/s1. The lowest BCUT2D eigenvalue weighted by Gasteiger charge is -2.11. The Labute approximate surface area is 118 Å². The number of hydrogen-bond acceptors (Lipinski definition) is 3. The molecule has 3 nitrogen and oxygen atoms in total. The number of ether oxygens (including phenoxy) is 1. The third-order valence-electron chi connectivity index (χ3n) is 3.00. The molecule has 0 amide bonds. The van der Waals surface area contributed by atoms with Crippen molar-refractivity contribution in [3.63, 3.8) is 0 Å². The lowest BCUT2D eigenvalue weighted by Crippen LogP contribution is -2.06. The van der Waals surface area contributed by atoms with Gasteiger partial charge in [-0.05, 0) is 30.2 Å². The smallest absolute Gasteiger partial charge is 0.147 e. The molecular formula is C15H17ClN2O. The summed E-state index contributed by atoms with van der Waals surface area (Å²) >= 11 is 5.72. The number of benzene rings is 1. The predicted molar refractivity (Wildman–Crippen MR) is 77.4 cm³/mol. The second-order valence-corrected chi connectivity index (χ2v) is 4.96. The predicted octanol–water partition coefficient (Wildman–Crippen LogP) is 4.22. The van der Waals surface area contributed by atoms with E-state index in [0.29, 0.717) is 11.1 Å². The third-order valence-corrected chi connectivity index (χ3v) is 3.20. The fourth-order valence-corrected chi connectivity index (χ4v) is 1.64. The van der Waals surface area contributed by atoms with Crippen LogP contribution in [0.5, 0.6) is 5.75 Å². The first-order valence-corrected chi connectivity index (χ1v) is 6.77. The van der Waals surface area contributed by atoms with Gasteiger partial charge in [0.2, 0.25) is 0 Å². The van der Waals surface area contributed by atoms with Crippen molar-refractivity contribution < 1.29 is 4.74 Å². The molecule has 0 saturated carbocycles. The highest BCUT2D eigenvalue weighted by atomic mass is 35.5. The highest BCUT2D eigenvalue weighted by Crippen LogP contribution is 2.21. The molecule has 19 heavy (non-hydrogen) atoms. The van der Waals surface area contributed by atoms with Gasteiger partial charge in [-0.25, -0.2) is 4.98 Å². The Morgan fingerprint density at radius 3 is 2.47 bits per heavy atom. The lowest BCUT2D eigenvalue weighted by atomic mass is 10.1. The Morgan fingerprint density at radius 2 is 1.89 bits per heavy atom. The molecule has 1 aromatic carbocycles. The van der Waals surface area contributed by atoms with Crippen LogP contribution in [0, 0.1) is 5.92 Å². The summed E-state index contributed by atoms with van der Waals surface area (Å²) in [6.45, 7) is 5.09. The normalized spacial score (nSPS) is 12.2. The maximum absolute atomic E-state index is 5.72. The first-order chi connectivity index (χ1) is 9.19. The van der Waals surface area contributed by atoms with Gasteiger partial charge in [-0.15, -0.1) is 0 Å². The van der Waals surface area contributed by atoms with E-state index in [-0.39, 0.29) is 0 Å². The molecule has 4 heteroatoms. The molecule has 1 heterocycles. The third kappa shape index (κ3) is 3.93. The largest absolute Gasteiger partial charge is 0.493 e. The molecule has 0 N–H and O–H groups in total. The molecule has 1 atom stereocenters. The zero-order chi connectivity index (χ0) is 13.7. The van der Waals surface area contributed by atoms with Crippen molar-refractivity contribution in [2.75, 3.05) is 6.61 Å². The van der Waals surface area contributed by atoms with Crippen LogP contribution in [-0.4, -0.2) is 16.6 Å². The summed E-state index contributed by atoms with van der Waals surface area (Å²) in [6, 6.07) is 7.86. The van der Waals surface area contributed by atoms with E-state index < -0.39 is 0 Å². The van der Waals surface area contributed by atoms with Crippen molar-refractivity contribution in [1.82, 2.24) is 9.97 Å². The fraction of sp³-hybridized carbons (Fsp3) is 0.333. The van der Waals surface area contributed by atoms with Crippen LogP contribution in [0.4, 0.5) is 0 Å². The minimum absolute atomic E-state index is 0.400. The Morgan fingerprint density at radius 1 is 1.16 bits per heavy atom. The molecule has 0 fully saturated rings. The summed E-state index contributed by atoms with van der Waals surface area (Å²) in [5.74, 6) is 1.45. The van der Waals surface area contributed by atoms with Gasteiger partial charge in [-0.2, -0.15) is 0 Å². The molecule has 2 aromatic rings. The molecule has 0 unspecified atom stereocenters. The fourth-order valence-electron chi connectivity index (χ4n) is 1.54. The minimum atomic E-state index is 0.400. The molecule has 100 valence electrons. The van der Waals surface area contributed by atoms with Gasteiger partial charge in [0.15, 0.2) is 0 Å². The summed E-state index contributed by atoms with van der Waals surface area (Å²) in [4.78, 5) is 8.25. The Bertz CT molecular complexity index is 511. The summed E-state index contributed by atoms with van der Waals surface area (Å²) in [6.07, 6.45) is 4.33. The zero-order valence-electron chi connectivity index (χ0n) is 11.1. The maximum Gasteiger partial charge on any atom is 0.147 e. The van der Waals surface area contributed by atoms with Crippen LogP contribution in [0.1, 0.15) is 20.3 Å². The Kier molecular flexibility index (Phi) is 4.74. The number of halogens is 1. The first-order valence-electron chi connectivity index (χ1n) is 6.40. The van der Waals surface area contributed by atoms with Gasteiger partial charge in [-0.1, -0.05) is 31.9 Å². The van der Waals surface area contributed by atoms with Gasteiger partial charge >= 0.3 is 0 Å². The van der Waals surface area contributed by atoms with Crippen molar-refractivity contribution in [3.8, 4) is 17.0 Å². The van der Waals surface area contributed by atoms with Gasteiger partial charge in [-0.3, -0.25) is 4.98 Å². The van der Waals surface area contributed by atoms with E-state index in [9.17, 15) is 0 Å². The second-order valence-electron chi connectivity index (χ2n) is 4.57. The summed E-state index contributed by atoms with van der Waals surface area (Å²) in [5, 5.41) is 0.400. The van der Waals surface area contributed by atoms with Crippen molar-refractivity contribution in [2.45, 2.75) is 20.3 Å². The number of rotatable bonds is 5. The molecule has 0 radical (unpaired) electrons. The average molecular weight is 277 g/mol. The monoisotopic (exact) mass is 276 g/mol. The van der Waals surface area contributed by atoms with E-state index in [2.05, 4.69) is 23.8 Å². The maximum atomic E-state index is 5.72. The summed E-state index contributed by atoms with van der Waals surface area (Å²) in [7, 11) is 0. The number of hydrogen-bond donors (Lipinski definition) is 0. The minimum Gasteiger partial charge on any atom is -0.493 e.